The molecule has 0 saturated carbocycles. The second-order valence-corrected chi connectivity index (χ2v) is 6.74. The van der Waals surface area contributed by atoms with Crippen molar-refractivity contribution in [3.05, 3.63) is 56.9 Å². The molecule has 0 amide bonds. The molecule has 0 unspecified atom stereocenters. The van der Waals surface area contributed by atoms with Gasteiger partial charge in [0.25, 0.3) is 0 Å². The van der Waals surface area contributed by atoms with E-state index in [4.69, 9.17) is 12.2 Å². The minimum atomic E-state index is 0.936. The Kier molecular flexibility index (Phi) is 3.32. The summed E-state index contributed by atoms with van der Waals surface area (Å²) in [4.78, 5) is 5.77. The van der Waals surface area contributed by atoms with Crippen LogP contribution in [0.2, 0.25) is 0 Å². The molecule has 0 radical (unpaired) electrons. The molecule has 2 heterocycles. The number of aromatic nitrogens is 1. The van der Waals surface area contributed by atoms with Crippen molar-refractivity contribution < 1.29 is 0 Å². The Morgan fingerprint density at radius 2 is 1.89 bits per heavy atom. The fraction of sp³-hybridized carbons (Fsp3) is 0. The van der Waals surface area contributed by atoms with Gasteiger partial charge < -0.3 is 0 Å². The average molecular weight is 287 g/mol. The molecule has 0 saturated heterocycles. The first kappa shape index (κ1) is 11.7. The molecular weight excluding hydrogens is 278 g/mol. The first-order chi connectivity index (χ1) is 8.81. The maximum Gasteiger partial charge on any atom is 0.102 e. The monoisotopic (exact) mass is 287 g/mol. The lowest BCUT2D eigenvalue weighted by molar-refractivity contribution is 1.37. The standard InChI is InChI=1S/C14H9NS3/c16-14-9-12(17-18-14)8-7-11-6-5-10-3-1-2-4-13(10)15-11/h1-9H/b8-7+. The summed E-state index contributed by atoms with van der Waals surface area (Å²) in [6, 6.07) is 14.3. The van der Waals surface area contributed by atoms with Crippen LogP contribution in [0.1, 0.15) is 10.6 Å². The number of pyridine rings is 1. The molecule has 0 aliphatic rings. The van der Waals surface area contributed by atoms with Crippen molar-refractivity contribution in [3.63, 3.8) is 0 Å². The zero-order chi connectivity index (χ0) is 12.4. The lowest BCUT2D eigenvalue weighted by Gasteiger charge is -1.97. The third-order valence-corrected chi connectivity index (χ3v) is 5.38. The molecule has 1 nitrogen and oxygen atoms in total. The molecule has 3 aromatic rings. The van der Waals surface area contributed by atoms with Gasteiger partial charge in [0.2, 0.25) is 0 Å². The smallest absolute Gasteiger partial charge is 0.102 e. The Hall–Kier alpha value is -1.36. The lowest BCUT2D eigenvalue weighted by atomic mass is 10.2. The van der Waals surface area contributed by atoms with Gasteiger partial charge in [-0.05, 0) is 30.4 Å². The molecular formula is C14H9NS3. The predicted molar refractivity (Wildman–Crippen MR) is 83.7 cm³/mol. The number of rotatable bonds is 2. The minimum absolute atomic E-state index is 0.936. The van der Waals surface area contributed by atoms with Gasteiger partial charge in [-0.15, -0.1) is 0 Å². The largest absolute Gasteiger partial charge is 0.248 e. The van der Waals surface area contributed by atoms with Crippen LogP contribution in [-0.2, 0) is 0 Å². The molecule has 0 aliphatic carbocycles. The molecule has 18 heavy (non-hydrogen) atoms. The summed E-state index contributed by atoms with van der Waals surface area (Å²) in [5.41, 5.74) is 2.00. The van der Waals surface area contributed by atoms with Crippen LogP contribution in [0.3, 0.4) is 0 Å². The van der Waals surface area contributed by atoms with Crippen molar-refractivity contribution in [3.8, 4) is 0 Å². The molecule has 4 heteroatoms. The van der Waals surface area contributed by atoms with E-state index in [0.29, 0.717) is 0 Å². The molecule has 0 atom stereocenters. The molecule has 0 bridgehead atoms. The summed E-state index contributed by atoms with van der Waals surface area (Å²) in [5.74, 6) is 0. The number of hydrogen-bond acceptors (Lipinski definition) is 4. The van der Waals surface area contributed by atoms with Crippen LogP contribution in [0.15, 0.2) is 42.5 Å². The van der Waals surface area contributed by atoms with E-state index in [1.807, 2.05) is 36.4 Å². The Balaban J connectivity index is 1.95. The van der Waals surface area contributed by atoms with Crippen molar-refractivity contribution in [2.24, 2.45) is 0 Å². The summed E-state index contributed by atoms with van der Waals surface area (Å²) in [5, 5.41) is 1.17. The van der Waals surface area contributed by atoms with E-state index in [1.54, 1.807) is 20.7 Å². The van der Waals surface area contributed by atoms with Crippen molar-refractivity contribution in [1.29, 1.82) is 0 Å². The molecule has 1 aromatic carbocycles. The second-order valence-electron chi connectivity index (χ2n) is 3.79. The highest BCUT2D eigenvalue weighted by molar-refractivity contribution is 7.79. The van der Waals surface area contributed by atoms with Gasteiger partial charge in [-0.2, -0.15) is 0 Å². The van der Waals surface area contributed by atoms with E-state index < -0.39 is 0 Å². The predicted octanol–water partition coefficient (Wildman–Crippen LogP) is 5.26. The van der Waals surface area contributed by atoms with Gasteiger partial charge in [-0.25, -0.2) is 4.98 Å². The summed E-state index contributed by atoms with van der Waals surface area (Å²) >= 11 is 5.11. The quantitative estimate of drug-likeness (QED) is 0.471. The number of benzene rings is 1. The third kappa shape index (κ3) is 2.56. The van der Waals surface area contributed by atoms with Crippen LogP contribution >= 0.6 is 32.9 Å². The Bertz CT molecular complexity index is 768. The fourth-order valence-electron chi connectivity index (χ4n) is 1.67. The van der Waals surface area contributed by atoms with Gasteiger partial charge in [0.15, 0.2) is 0 Å². The Morgan fingerprint density at radius 3 is 2.72 bits per heavy atom. The average Bonchev–Trinajstić information content (AvgIpc) is 2.82. The summed E-state index contributed by atoms with van der Waals surface area (Å²) in [7, 11) is 3.32. The van der Waals surface area contributed by atoms with Crippen LogP contribution in [0.5, 0.6) is 0 Å². The van der Waals surface area contributed by atoms with E-state index in [-0.39, 0.29) is 0 Å². The maximum absolute atomic E-state index is 5.11. The number of fused-ring (bicyclic) bond motifs is 1. The lowest BCUT2D eigenvalue weighted by Crippen LogP contribution is -1.81. The Labute approximate surface area is 117 Å². The summed E-state index contributed by atoms with van der Waals surface area (Å²) in [6.45, 7) is 0. The summed E-state index contributed by atoms with van der Waals surface area (Å²) < 4.78 is 0.936. The number of hydrogen-bond donors (Lipinski definition) is 0. The van der Waals surface area contributed by atoms with Gasteiger partial charge in [0, 0.05) is 10.3 Å². The second kappa shape index (κ2) is 5.10. The number of nitrogens with zero attached hydrogens (tertiary/aromatic N) is 1. The molecule has 0 fully saturated rings. The van der Waals surface area contributed by atoms with Crippen LogP contribution in [0.25, 0.3) is 23.1 Å². The highest BCUT2D eigenvalue weighted by Gasteiger charge is 1.95. The van der Waals surface area contributed by atoms with E-state index in [1.165, 1.54) is 10.3 Å². The zero-order valence-corrected chi connectivity index (χ0v) is 11.8. The van der Waals surface area contributed by atoms with Crippen LogP contribution in [0.4, 0.5) is 0 Å². The van der Waals surface area contributed by atoms with Crippen molar-refractivity contribution in [2.45, 2.75) is 0 Å². The van der Waals surface area contributed by atoms with Crippen LogP contribution in [0, 0.1) is 3.82 Å². The Morgan fingerprint density at radius 1 is 1.00 bits per heavy atom. The van der Waals surface area contributed by atoms with E-state index in [2.05, 4.69) is 23.2 Å². The van der Waals surface area contributed by atoms with Gasteiger partial charge in [-0.1, -0.05) is 57.2 Å². The molecule has 88 valence electrons. The normalized spacial score (nSPS) is 11.3. The van der Waals surface area contributed by atoms with E-state index >= 15 is 0 Å². The molecule has 3 rings (SSSR count). The summed E-state index contributed by atoms with van der Waals surface area (Å²) in [6.07, 6.45) is 4.09. The van der Waals surface area contributed by atoms with Crippen LogP contribution < -0.4 is 0 Å². The van der Waals surface area contributed by atoms with Crippen molar-refractivity contribution in [1.82, 2.24) is 4.98 Å². The van der Waals surface area contributed by atoms with Gasteiger partial charge in [0.05, 0.1) is 11.2 Å². The van der Waals surface area contributed by atoms with Gasteiger partial charge >= 0.3 is 0 Å². The fourth-order valence-corrected chi connectivity index (χ4v) is 3.89. The highest BCUT2D eigenvalue weighted by atomic mass is 32.9. The van der Waals surface area contributed by atoms with Crippen LogP contribution in [-0.4, -0.2) is 4.98 Å². The molecule has 2 aromatic heterocycles. The third-order valence-electron chi connectivity index (χ3n) is 2.52. The van der Waals surface area contributed by atoms with Gasteiger partial charge in [0.1, 0.15) is 3.82 Å². The SMILES string of the molecule is S=c1cc(/C=C/c2ccc3ccccc3n2)ss1. The van der Waals surface area contributed by atoms with E-state index in [0.717, 1.165) is 15.0 Å². The number of para-hydroxylation sites is 1. The first-order valence-corrected chi connectivity index (χ1v) is 8.01. The zero-order valence-electron chi connectivity index (χ0n) is 9.37. The molecule has 0 N–H and O–H groups in total. The maximum atomic E-state index is 5.11. The molecule has 0 spiro atoms. The van der Waals surface area contributed by atoms with E-state index in [9.17, 15) is 0 Å². The minimum Gasteiger partial charge on any atom is -0.248 e. The van der Waals surface area contributed by atoms with Gasteiger partial charge in [-0.3, -0.25) is 0 Å². The topological polar surface area (TPSA) is 12.9 Å². The van der Waals surface area contributed by atoms with Crippen molar-refractivity contribution in [2.75, 3.05) is 0 Å². The molecule has 0 aliphatic heterocycles. The highest BCUT2D eigenvalue weighted by Crippen LogP contribution is 2.20. The van der Waals surface area contributed by atoms with Crippen molar-refractivity contribution >= 4 is 56.0 Å². The first-order valence-electron chi connectivity index (χ1n) is 5.45.